The summed E-state index contributed by atoms with van der Waals surface area (Å²) in [7, 11) is 0. The Morgan fingerprint density at radius 1 is 1.45 bits per heavy atom. The van der Waals surface area contributed by atoms with Crippen LogP contribution in [0.15, 0.2) is 18.3 Å². The van der Waals surface area contributed by atoms with Crippen molar-refractivity contribution >= 4 is 17.7 Å². The molecule has 2 rings (SSSR count). The number of amides is 1. The fraction of sp³-hybridized carbons (Fsp3) is 0.625. The van der Waals surface area contributed by atoms with Gasteiger partial charge < -0.3 is 14.7 Å². The van der Waals surface area contributed by atoms with Crippen molar-refractivity contribution in [2.75, 3.05) is 13.1 Å². The van der Waals surface area contributed by atoms with Crippen molar-refractivity contribution in [1.29, 1.82) is 0 Å². The van der Waals surface area contributed by atoms with Crippen molar-refractivity contribution < 1.29 is 14.6 Å². The number of hydrogen-bond donors (Lipinski definition) is 1. The summed E-state index contributed by atoms with van der Waals surface area (Å²) in [6.07, 6.45) is 2.71. The van der Waals surface area contributed by atoms with Crippen LogP contribution in [0.2, 0.25) is 5.02 Å². The zero-order valence-corrected chi connectivity index (χ0v) is 14.1. The standard InChI is InChI=1S/C16H23ClN2O3/c1-15(2,3)22-14(20)19-9-6-16(21,7-10-19)11-13-12(17)5-4-8-18-13/h4-5,8,21H,6-7,9-11H2,1-3H3. The molecule has 2 heterocycles. The molecule has 0 saturated carbocycles. The van der Waals surface area contributed by atoms with Crippen molar-refractivity contribution in [3.8, 4) is 0 Å². The lowest BCUT2D eigenvalue weighted by Gasteiger charge is -2.38. The minimum atomic E-state index is -0.878. The van der Waals surface area contributed by atoms with Gasteiger partial charge in [0.15, 0.2) is 0 Å². The van der Waals surface area contributed by atoms with E-state index < -0.39 is 11.2 Å². The van der Waals surface area contributed by atoms with Crippen LogP contribution in [-0.4, -0.2) is 45.4 Å². The molecule has 1 aromatic heterocycles. The second kappa shape index (κ2) is 6.42. The van der Waals surface area contributed by atoms with Crippen molar-refractivity contribution in [2.45, 2.75) is 51.2 Å². The molecule has 0 aromatic carbocycles. The molecule has 1 N–H and O–H groups in total. The van der Waals surface area contributed by atoms with Crippen LogP contribution >= 0.6 is 11.6 Å². The smallest absolute Gasteiger partial charge is 0.410 e. The van der Waals surface area contributed by atoms with E-state index in [2.05, 4.69) is 4.98 Å². The molecule has 0 atom stereocenters. The van der Waals surface area contributed by atoms with Crippen molar-refractivity contribution in [2.24, 2.45) is 0 Å². The zero-order chi connectivity index (χ0) is 16.4. The van der Waals surface area contributed by atoms with E-state index in [4.69, 9.17) is 16.3 Å². The molecule has 1 saturated heterocycles. The molecule has 1 aliphatic rings. The lowest BCUT2D eigenvalue weighted by atomic mass is 9.87. The minimum absolute atomic E-state index is 0.328. The van der Waals surface area contributed by atoms with Gasteiger partial charge in [0.1, 0.15) is 5.60 Å². The lowest BCUT2D eigenvalue weighted by molar-refractivity contribution is -0.0319. The van der Waals surface area contributed by atoms with Gasteiger partial charge in [0.25, 0.3) is 0 Å². The summed E-state index contributed by atoms with van der Waals surface area (Å²) in [5, 5.41) is 11.3. The average molecular weight is 327 g/mol. The van der Waals surface area contributed by atoms with Gasteiger partial charge in [-0.05, 0) is 45.7 Å². The highest BCUT2D eigenvalue weighted by atomic mass is 35.5. The van der Waals surface area contributed by atoms with E-state index in [1.165, 1.54) is 0 Å². The van der Waals surface area contributed by atoms with Gasteiger partial charge in [0.2, 0.25) is 0 Å². The third-order valence-corrected chi connectivity index (χ3v) is 4.02. The predicted octanol–water partition coefficient (Wildman–Crippen LogP) is 3.04. The van der Waals surface area contributed by atoms with Crippen LogP contribution in [0, 0.1) is 0 Å². The van der Waals surface area contributed by atoms with E-state index in [1.807, 2.05) is 20.8 Å². The van der Waals surface area contributed by atoms with Gasteiger partial charge in [0, 0.05) is 25.7 Å². The highest BCUT2D eigenvalue weighted by Gasteiger charge is 2.36. The fourth-order valence-corrected chi connectivity index (χ4v) is 2.66. The fourth-order valence-electron chi connectivity index (χ4n) is 2.47. The summed E-state index contributed by atoms with van der Waals surface area (Å²) in [6.45, 7) is 6.46. The molecule has 6 heteroatoms. The number of aromatic nitrogens is 1. The predicted molar refractivity (Wildman–Crippen MR) is 84.9 cm³/mol. The number of hydrogen-bond acceptors (Lipinski definition) is 4. The summed E-state index contributed by atoms with van der Waals surface area (Å²) >= 11 is 6.10. The maximum Gasteiger partial charge on any atom is 0.410 e. The molecule has 0 bridgehead atoms. The lowest BCUT2D eigenvalue weighted by Crippen LogP contribution is -2.49. The van der Waals surface area contributed by atoms with E-state index in [0.29, 0.717) is 43.1 Å². The van der Waals surface area contributed by atoms with Gasteiger partial charge in [-0.3, -0.25) is 4.98 Å². The first-order valence-electron chi connectivity index (χ1n) is 7.48. The van der Waals surface area contributed by atoms with E-state index >= 15 is 0 Å². The highest BCUT2D eigenvalue weighted by molar-refractivity contribution is 6.31. The third kappa shape index (κ3) is 4.58. The van der Waals surface area contributed by atoms with Gasteiger partial charge in [-0.15, -0.1) is 0 Å². The van der Waals surface area contributed by atoms with Crippen LogP contribution in [0.25, 0.3) is 0 Å². The van der Waals surface area contributed by atoms with E-state index in [1.54, 1.807) is 23.2 Å². The van der Waals surface area contributed by atoms with Gasteiger partial charge in [-0.25, -0.2) is 4.79 Å². The zero-order valence-electron chi connectivity index (χ0n) is 13.3. The van der Waals surface area contributed by atoms with Gasteiger partial charge >= 0.3 is 6.09 Å². The Bertz CT molecular complexity index is 534. The maximum absolute atomic E-state index is 12.0. The number of likely N-dealkylation sites (tertiary alicyclic amines) is 1. The molecule has 0 radical (unpaired) electrons. The van der Waals surface area contributed by atoms with E-state index in [9.17, 15) is 9.90 Å². The monoisotopic (exact) mass is 326 g/mol. The van der Waals surface area contributed by atoms with Crippen LogP contribution in [0.5, 0.6) is 0 Å². The Balaban J connectivity index is 1.93. The Morgan fingerprint density at radius 2 is 2.09 bits per heavy atom. The van der Waals surface area contributed by atoms with Crippen LogP contribution in [0.3, 0.4) is 0 Å². The first kappa shape index (κ1) is 17.0. The minimum Gasteiger partial charge on any atom is -0.444 e. The molecule has 1 amide bonds. The Labute approximate surface area is 136 Å². The number of carbonyl (C=O) groups is 1. The molecular formula is C16H23ClN2O3. The number of ether oxygens (including phenoxy) is 1. The summed E-state index contributed by atoms with van der Waals surface area (Å²) < 4.78 is 5.35. The van der Waals surface area contributed by atoms with Crippen LogP contribution in [0.1, 0.15) is 39.3 Å². The van der Waals surface area contributed by atoms with Gasteiger partial charge in [-0.1, -0.05) is 11.6 Å². The number of pyridine rings is 1. The Kier molecular flexibility index (Phi) is 4.97. The molecule has 1 aliphatic heterocycles. The molecule has 22 heavy (non-hydrogen) atoms. The number of aliphatic hydroxyl groups is 1. The van der Waals surface area contributed by atoms with Crippen LogP contribution < -0.4 is 0 Å². The van der Waals surface area contributed by atoms with Gasteiger partial charge in [-0.2, -0.15) is 0 Å². The number of piperidine rings is 1. The molecular weight excluding hydrogens is 304 g/mol. The summed E-state index contributed by atoms with van der Waals surface area (Å²) in [5.74, 6) is 0. The molecule has 0 spiro atoms. The summed E-state index contributed by atoms with van der Waals surface area (Å²) in [5.41, 5.74) is -0.694. The number of rotatable bonds is 2. The Hall–Kier alpha value is -1.33. The number of nitrogens with zero attached hydrogens (tertiary/aromatic N) is 2. The molecule has 5 nitrogen and oxygen atoms in total. The second-order valence-electron chi connectivity index (χ2n) is 6.80. The topological polar surface area (TPSA) is 62.7 Å². The molecule has 0 unspecified atom stereocenters. The molecule has 1 aromatic rings. The van der Waals surface area contributed by atoms with Gasteiger partial charge in [0.05, 0.1) is 16.3 Å². The quantitative estimate of drug-likeness (QED) is 0.907. The first-order valence-corrected chi connectivity index (χ1v) is 7.86. The maximum atomic E-state index is 12.0. The number of carbonyl (C=O) groups excluding carboxylic acids is 1. The van der Waals surface area contributed by atoms with Crippen molar-refractivity contribution in [3.63, 3.8) is 0 Å². The molecule has 0 aliphatic carbocycles. The summed E-state index contributed by atoms with van der Waals surface area (Å²) in [4.78, 5) is 17.9. The van der Waals surface area contributed by atoms with E-state index in [0.717, 1.165) is 0 Å². The first-order chi connectivity index (χ1) is 10.2. The Morgan fingerprint density at radius 3 is 2.64 bits per heavy atom. The van der Waals surface area contributed by atoms with E-state index in [-0.39, 0.29) is 6.09 Å². The van der Waals surface area contributed by atoms with Crippen LogP contribution in [0.4, 0.5) is 4.79 Å². The molecule has 1 fully saturated rings. The third-order valence-electron chi connectivity index (χ3n) is 3.68. The largest absolute Gasteiger partial charge is 0.444 e. The highest BCUT2D eigenvalue weighted by Crippen LogP contribution is 2.28. The second-order valence-corrected chi connectivity index (χ2v) is 7.21. The normalized spacial score (nSPS) is 18.1. The molecule has 122 valence electrons. The van der Waals surface area contributed by atoms with Crippen LogP contribution in [-0.2, 0) is 11.2 Å². The summed E-state index contributed by atoms with van der Waals surface area (Å²) in [6, 6.07) is 3.53. The number of halogens is 1. The SMILES string of the molecule is CC(C)(C)OC(=O)N1CCC(O)(Cc2ncccc2Cl)CC1. The van der Waals surface area contributed by atoms with Crippen molar-refractivity contribution in [1.82, 2.24) is 9.88 Å². The van der Waals surface area contributed by atoms with Crippen molar-refractivity contribution in [3.05, 3.63) is 29.0 Å². The average Bonchev–Trinajstić information content (AvgIpc) is 2.40.